The number of carbonyl (C=O) groups is 4. The second-order valence-electron chi connectivity index (χ2n) is 14.5. The maximum Gasteiger partial charge on any atom is 0.330 e. The maximum atomic E-state index is 12.5. The molecule has 0 heterocycles. The van der Waals surface area contributed by atoms with Crippen molar-refractivity contribution in [3.8, 4) is 0 Å². The fourth-order valence-electron chi connectivity index (χ4n) is 9.37. The highest BCUT2D eigenvalue weighted by Crippen LogP contribution is 2.71. The molecule has 0 aliphatic heterocycles. The molecule has 0 aromatic carbocycles. The molecule has 3 aliphatic carbocycles. The topological polar surface area (TPSA) is 136 Å². The number of ether oxygens (including phenoxy) is 3. The smallest absolute Gasteiger partial charge is 0.330 e. The highest BCUT2D eigenvalue weighted by Gasteiger charge is 2.63. The minimum absolute atomic E-state index is 0.0106. The van der Waals surface area contributed by atoms with E-state index < -0.39 is 29.1 Å². The molecule has 0 spiro atoms. The number of aliphatic hydroxyl groups is 1. The summed E-state index contributed by atoms with van der Waals surface area (Å²) in [6.45, 7) is 14.8. The van der Waals surface area contributed by atoms with Crippen LogP contribution in [0.3, 0.4) is 0 Å². The lowest BCUT2D eigenvalue weighted by atomic mass is 9.46. The monoisotopic (exact) mass is 618 g/mol. The van der Waals surface area contributed by atoms with Gasteiger partial charge in [0.1, 0.15) is 12.7 Å². The molecule has 9 heteroatoms. The molecule has 44 heavy (non-hydrogen) atoms. The molecule has 2 N–H and O–H groups in total. The second kappa shape index (κ2) is 13.4. The van der Waals surface area contributed by atoms with Gasteiger partial charge in [0.25, 0.3) is 0 Å². The average molecular weight is 619 g/mol. The fraction of sp³-hybridized carbons (Fsp3) is 0.771. The van der Waals surface area contributed by atoms with E-state index in [1.54, 1.807) is 13.0 Å². The molecule has 0 radical (unpaired) electrons. The number of carbonyl (C=O) groups excluding carboxylic acids is 3. The van der Waals surface area contributed by atoms with Crippen LogP contribution < -0.4 is 0 Å². The van der Waals surface area contributed by atoms with Crippen molar-refractivity contribution in [3.63, 3.8) is 0 Å². The van der Waals surface area contributed by atoms with Crippen molar-refractivity contribution in [2.24, 2.45) is 34.0 Å². The number of fused-ring (bicyclic) bond motifs is 2. The summed E-state index contributed by atoms with van der Waals surface area (Å²) in [5, 5.41) is 20.8. The van der Waals surface area contributed by atoms with Gasteiger partial charge in [-0.2, -0.15) is 0 Å². The lowest BCUT2D eigenvalue weighted by molar-refractivity contribution is -0.152. The van der Waals surface area contributed by atoms with E-state index >= 15 is 0 Å². The summed E-state index contributed by atoms with van der Waals surface area (Å²) >= 11 is 0. The molecule has 7 atom stereocenters. The summed E-state index contributed by atoms with van der Waals surface area (Å²) in [6.07, 6.45) is 7.07. The SMILES string of the molecule is COC(=O)CC[C@]1(COC(C)=O)C2=C(CC[C@H]1C(C)(C)O)[C@]1(C)CCC([C@H](C)[C@@H](C/C=C(/C)C(=O)O)OC(C)=O)[C@@]1(C)CC2. The first-order chi connectivity index (χ1) is 20.3. The zero-order valence-corrected chi connectivity index (χ0v) is 28.2. The van der Waals surface area contributed by atoms with E-state index in [0.29, 0.717) is 19.3 Å². The van der Waals surface area contributed by atoms with Gasteiger partial charge in [-0.05, 0) is 88.4 Å². The summed E-state index contributed by atoms with van der Waals surface area (Å²) in [4.78, 5) is 48.2. The quantitative estimate of drug-likeness (QED) is 0.114. The van der Waals surface area contributed by atoms with E-state index in [2.05, 4.69) is 20.8 Å². The Bertz CT molecular complexity index is 1190. The minimum atomic E-state index is -1.07. The average Bonchev–Trinajstić information content (AvgIpc) is 3.22. The summed E-state index contributed by atoms with van der Waals surface area (Å²) in [6, 6.07) is 0. The first-order valence-corrected chi connectivity index (χ1v) is 16.1. The van der Waals surface area contributed by atoms with Crippen molar-refractivity contribution < 1.29 is 43.6 Å². The van der Waals surface area contributed by atoms with Crippen molar-refractivity contribution >= 4 is 23.9 Å². The molecule has 1 unspecified atom stereocenters. The summed E-state index contributed by atoms with van der Waals surface area (Å²) in [5.74, 6) is -2.11. The van der Waals surface area contributed by atoms with Crippen molar-refractivity contribution in [2.45, 2.75) is 125 Å². The van der Waals surface area contributed by atoms with Gasteiger partial charge in [0.2, 0.25) is 0 Å². The van der Waals surface area contributed by atoms with Gasteiger partial charge in [-0.15, -0.1) is 0 Å². The molecular formula is C35H54O9. The van der Waals surface area contributed by atoms with E-state index in [0.717, 1.165) is 32.1 Å². The maximum absolute atomic E-state index is 12.5. The molecule has 248 valence electrons. The van der Waals surface area contributed by atoms with Gasteiger partial charge in [-0.25, -0.2) is 4.79 Å². The van der Waals surface area contributed by atoms with E-state index in [4.69, 9.17) is 14.2 Å². The van der Waals surface area contributed by atoms with Crippen LogP contribution in [0.1, 0.15) is 113 Å². The third-order valence-corrected chi connectivity index (χ3v) is 11.8. The second-order valence-corrected chi connectivity index (χ2v) is 14.5. The van der Waals surface area contributed by atoms with Crippen LogP contribution >= 0.6 is 0 Å². The molecular weight excluding hydrogens is 564 g/mol. The summed E-state index contributed by atoms with van der Waals surface area (Å²) in [7, 11) is 1.37. The van der Waals surface area contributed by atoms with Crippen LogP contribution in [0.4, 0.5) is 0 Å². The van der Waals surface area contributed by atoms with Crippen LogP contribution in [0.25, 0.3) is 0 Å². The van der Waals surface area contributed by atoms with E-state index in [1.165, 1.54) is 32.1 Å². The predicted octanol–water partition coefficient (Wildman–Crippen LogP) is 6.17. The summed E-state index contributed by atoms with van der Waals surface area (Å²) in [5.41, 5.74) is 0.691. The van der Waals surface area contributed by atoms with Crippen molar-refractivity contribution in [1.29, 1.82) is 0 Å². The number of rotatable bonds is 12. The number of carboxylic acids is 1. The lowest BCUT2D eigenvalue weighted by Gasteiger charge is -2.59. The Kier molecular flexibility index (Phi) is 10.9. The molecule has 1 saturated carbocycles. The molecule has 0 aromatic heterocycles. The van der Waals surface area contributed by atoms with Gasteiger partial charge in [0.15, 0.2) is 0 Å². The van der Waals surface area contributed by atoms with E-state index in [1.807, 2.05) is 13.8 Å². The van der Waals surface area contributed by atoms with Crippen LogP contribution in [0.2, 0.25) is 0 Å². The number of hydrogen-bond donors (Lipinski definition) is 2. The third kappa shape index (κ3) is 6.77. The Morgan fingerprint density at radius 1 is 1.02 bits per heavy atom. The first kappa shape index (κ1) is 35.8. The van der Waals surface area contributed by atoms with Gasteiger partial charge in [-0.3, -0.25) is 14.4 Å². The van der Waals surface area contributed by atoms with Gasteiger partial charge in [-0.1, -0.05) is 38.0 Å². The number of methoxy groups -OCH3 is 1. The van der Waals surface area contributed by atoms with Crippen LogP contribution in [0, 0.1) is 34.0 Å². The molecule has 0 saturated heterocycles. The molecule has 9 nitrogen and oxygen atoms in total. The molecule has 3 aliphatic rings. The van der Waals surface area contributed by atoms with Crippen LogP contribution in [0.5, 0.6) is 0 Å². The Morgan fingerprint density at radius 3 is 2.23 bits per heavy atom. The molecule has 0 bridgehead atoms. The van der Waals surface area contributed by atoms with Crippen molar-refractivity contribution in [3.05, 3.63) is 22.8 Å². The predicted molar refractivity (Wildman–Crippen MR) is 165 cm³/mol. The number of carboxylic acid groups (broad SMARTS) is 1. The Labute approximate surface area is 262 Å². The van der Waals surface area contributed by atoms with Crippen LogP contribution in [0.15, 0.2) is 22.8 Å². The number of allylic oxidation sites excluding steroid dienone is 1. The Balaban J connectivity index is 2.10. The van der Waals surface area contributed by atoms with Gasteiger partial charge < -0.3 is 24.4 Å². The molecule has 1 fully saturated rings. The Morgan fingerprint density at radius 2 is 1.68 bits per heavy atom. The van der Waals surface area contributed by atoms with Gasteiger partial charge >= 0.3 is 23.9 Å². The van der Waals surface area contributed by atoms with E-state index in [-0.39, 0.29) is 59.1 Å². The minimum Gasteiger partial charge on any atom is -0.478 e. The zero-order valence-electron chi connectivity index (χ0n) is 28.2. The van der Waals surface area contributed by atoms with Crippen LogP contribution in [-0.2, 0) is 33.4 Å². The normalized spacial score (nSPS) is 31.8. The highest BCUT2D eigenvalue weighted by molar-refractivity contribution is 5.85. The lowest BCUT2D eigenvalue weighted by Crippen LogP contribution is -2.54. The number of aliphatic carboxylic acids is 1. The van der Waals surface area contributed by atoms with Gasteiger partial charge in [0, 0.05) is 43.6 Å². The molecule has 3 rings (SSSR count). The van der Waals surface area contributed by atoms with E-state index in [9.17, 15) is 29.4 Å². The van der Waals surface area contributed by atoms with Crippen molar-refractivity contribution in [1.82, 2.24) is 0 Å². The number of esters is 3. The van der Waals surface area contributed by atoms with Crippen molar-refractivity contribution in [2.75, 3.05) is 13.7 Å². The first-order valence-electron chi connectivity index (χ1n) is 16.1. The fourth-order valence-corrected chi connectivity index (χ4v) is 9.37. The molecule has 0 aromatic rings. The zero-order chi connectivity index (χ0) is 33.3. The number of hydrogen-bond acceptors (Lipinski definition) is 8. The Hall–Kier alpha value is -2.68. The van der Waals surface area contributed by atoms with Gasteiger partial charge in [0.05, 0.1) is 12.7 Å². The largest absolute Gasteiger partial charge is 0.478 e. The molecule has 0 amide bonds. The highest BCUT2D eigenvalue weighted by atomic mass is 16.5. The van der Waals surface area contributed by atoms with Crippen LogP contribution in [-0.4, -0.2) is 59.5 Å². The third-order valence-electron chi connectivity index (χ3n) is 11.8. The standard InChI is InChI=1S/C35H54O9/c1-21(31(39)40)10-12-28(44-24(4)37)22(2)25-14-17-34(8)26-11-13-29(32(5,6)41)35(20-43-23(3)36,19-16-30(38)42-9)27(26)15-18-33(25,34)7/h10,22,25,28-29,41H,11-20H2,1-9H3,(H,39,40)/b21-10-/t22-,25?,28+,29-,33+,34-,35-/m0/s1. The summed E-state index contributed by atoms with van der Waals surface area (Å²) < 4.78 is 16.6.